The average molecular weight is 238 g/mol. The molecule has 0 fully saturated rings. The van der Waals surface area contributed by atoms with Crippen LogP contribution in [0, 0.1) is 0 Å². The van der Waals surface area contributed by atoms with Gasteiger partial charge in [-0.2, -0.15) is 11.8 Å². The summed E-state index contributed by atoms with van der Waals surface area (Å²) >= 11 is 1.74. The quantitative estimate of drug-likeness (QED) is 0.846. The zero-order valence-electron chi connectivity index (χ0n) is 9.91. The number of para-hydroxylation sites is 1. The first kappa shape index (κ1) is 12.9. The molecule has 2 N–H and O–H groups in total. The largest absolute Gasteiger partial charge is 0.336 e. The van der Waals surface area contributed by atoms with Gasteiger partial charge in [-0.1, -0.05) is 18.2 Å². The van der Waals surface area contributed by atoms with Crippen LogP contribution in [0.5, 0.6) is 0 Å². The molecule has 0 radical (unpaired) electrons. The molecule has 0 aliphatic heterocycles. The van der Waals surface area contributed by atoms with E-state index in [4.69, 9.17) is 0 Å². The van der Waals surface area contributed by atoms with Crippen LogP contribution >= 0.6 is 11.8 Å². The summed E-state index contributed by atoms with van der Waals surface area (Å²) in [5, 5.41) is 5.67. The topological polar surface area (TPSA) is 41.1 Å². The second kappa shape index (κ2) is 6.43. The van der Waals surface area contributed by atoms with Crippen molar-refractivity contribution in [2.24, 2.45) is 0 Å². The first-order valence-electron chi connectivity index (χ1n) is 5.28. The van der Waals surface area contributed by atoms with Crippen LogP contribution in [0.1, 0.15) is 19.4 Å². The molecule has 0 aliphatic carbocycles. The minimum atomic E-state index is -0.149. The Kier molecular flexibility index (Phi) is 5.19. The summed E-state index contributed by atoms with van der Waals surface area (Å²) in [6, 6.07) is 7.86. The van der Waals surface area contributed by atoms with Crippen LogP contribution in [-0.4, -0.2) is 18.3 Å². The fourth-order valence-electron chi connectivity index (χ4n) is 1.34. The number of thioether (sulfide) groups is 1. The van der Waals surface area contributed by atoms with Crippen molar-refractivity contribution in [3.8, 4) is 0 Å². The van der Waals surface area contributed by atoms with Crippen LogP contribution in [0.2, 0.25) is 0 Å². The van der Waals surface area contributed by atoms with Crippen LogP contribution in [-0.2, 0) is 5.75 Å². The molecule has 0 aromatic heterocycles. The molecule has 0 saturated carbocycles. The van der Waals surface area contributed by atoms with Gasteiger partial charge in [0.15, 0.2) is 0 Å². The predicted octanol–water partition coefficient (Wildman–Crippen LogP) is 3.08. The normalized spacial score (nSPS) is 10.2. The van der Waals surface area contributed by atoms with Gasteiger partial charge in [-0.15, -0.1) is 0 Å². The predicted molar refractivity (Wildman–Crippen MR) is 71.0 cm³/mol. The van der Waals surface area contributed by atoms with E-state index in [1.807, 2.05) is 44.4 Å². The molecule has 2 amide bonds. The number of nitrogens with one attached hydrogen (secondary N) is 2. The minimum Gasteiger partial charge on any atom is -0.336 e. The SMILES string of the molecule is CSCc1ccccc1NC(=O)NC(C)C. The molecule has 0 bridgehead atoms. The van der Waals surface area contributed by atoms with Crippen molar-refractivity contribution in [1.29, 1.82) is 0 Å². The highest BCUT2D eigenvalue weighted by molar-refractivity contribution is 7.97. The van der Waals surface area contributed by atoms with Crippen molar-refractivity contribution >= 4 is 23.5 Å². The maximum atomic E-state index is 11.6. The highest BCUT2D eigenvalue weighted by atomic mass is 32.2. The number of hydrogen-bond donors (Lipinski definition) is 2. The van der Waals surface area contributed by atoms with Gasteiger partial charge in [0.25, 0.3) is 0 Å². The Bertz CT molecular complexity index is 353. The molecule has 0 heterocycles. The van der Waals surface area contributed by atoms with E-state index >= 15 is 0 Å². The molecule has 16 heavy (non-hydrogen) atoms. The maximum Gasteiger partial charge on any atom is 0.319 e. The molecule has 0 saturated heterocycles. The first-order chi connectivity index (χ1) is 7.63. The van der Waals surface area contributed by atoms with Crippen molar-refractivity contribution in [1.82, 2.24) is 5.32 Å². The Morgan fingerprint density at radius 2 is 2.06 bits per heavy atom. The van der Waals surface area contributed by atoms with Gasteiger partial charge < -0.3 is 10.6 Å². The third kappa shape index (κ3) is 4.14. The number of hydrogen-bond acceptors (Lipinski definition) is 2. The van der Waals surface area contributed by atoms with Crippen molar-refractivity contribution < 1.29 is 4.79 Å². The number of carbonyl (C=O) groups excluding carboxylic acids is 1. The van der Waals surface area contributed by atoms with Gasteiger partial charge in [-0.05, 0) is 31.7 Å². The van der Waals surface area contributed by atoms with E-state index in [-0.39, 0.29) is 12.1 Å². The van der Waals surface area contributed by atoms with Gasteiger partial charge in [-0.25, -0.2) is 4.79 Å². The number of urea groups is 1. The summed E-state index contributed by atoms with van der Waals surface area (Å²) < 4.78 is 0. The van der Waals surface area contributed by atoms with Crippen LogP contribution in [0.25, 0.3) is 0 Å². The number of amides is 2. The Morgan fingerprint density at radius 1 is 1.38 bits per heavy atom. The molecule has 0 aliphatic rings. The maximum absolute atomic E-state index is 11.6. The van der Waals surface area contributed by atoms with E-state index in [1.165, 1.54) is 0 Å². The Morgan fingerprint density at radius 3 is 2.69 bits per heavy atom. The van der Waals surface area contributed by atoms with Crippen molar-refractivity contribution in [2.75, 3.05) is 11.6 Å². The van der Waals surface area contributed by atoms with Crippen LogP contribution in [0.15, 0.2) is 24.3 Å². The number of carbonyl (C=O) groups is 1. The number of rotatable bonds is 4. The lowest BCUT2D eigenvalue weighted by Gasteiger charge is -2.12. The van der Waals surface area contributed by atoms with Crippen molar-refractivity contribution in [3.63, 3.8) is 0 Å². The molecule has 4 heteroatoms. The molecule has 3 nitrogen and oxygen atoms in total. The number of anilines is 1. The van der Waals surface area contributed by atoms with E-state index in [9.17, 15) is 4.79 Å². The fourth-order valence-corrected chi connectivity index (χ4v) is 1.91. The third-order valence-electron chi connectivity index (χ3n) is 1.99. The van der Waals surface area contributed by atoms with Crippen LogP contribution in [0.3, 0.4) is 0 Å². The lowest BCUT2D eigenvalue weighted by atomic mass is 10.2. The molecule has 1 rings (SSSR count). The molecule has 0 unspecified atom stereocenters. The summed E-state index contributed by atoms with van der Waals surface area (Å²) in [7, 11) is 0. The van der Waals surface area contributed by atoms with E-state index in [2.05, 4.69) is 10.6 Å². The molecule has 0 atom stereocenters. The molecule has 0 spiro atoms. The second-order valence-electron chi connectivity index (χ2n) is 3.84. The molecular weight excluding hydrogens is 220 g/mol. The summed E-state index contributed by atoms with van der Waals surface area (Å²) in [6.45, 7) is 3.88. The van der Waals surface area contributed by atoms with Gasteiger partial charge in [0.05, 0.1) is 0 Å². The average Bonchev–Trinajstić information content (AvgIpc) is 2.20. The van der Waals surface area contributed by atoms with Gasteiger partial charge >= 0.3 is 6.03 Å². The molecule has 88 valence electrons. The molecule has 1 aromatic carbocycles. The van der Waals surface area contributed by atoms with E-state index in [0.29, 0.717) is 0 Å². The van der Waals surface area contributed by atoms with E-state index in [0.717, 1.165) is 17.0 Å². The lowest BCUT2D eigenvalue weighted by molar-refractivity contribution is 0.250. The summed E-state index contributed by atoms with van der Waals surface area (Å²) in [5.41, 5.74) is 2.03. The van der Waals surface area contributed by atoms with Crippen LogP contribution in [0.4, 0.5) is 10.5 Å². The first-order valence-corrected chi connectivity index (χ1v) is 6.67. The highest BCUT2D eigenvalue weighted by Gasteiger charge is 2.06. The summed E-state index contributed by atoms with van der Waals surface area (Å²) in [6.07, 6.45) is 2.05. The van der Waals surface area contributed by atoms with Crippen molar-refractivity contribution in [3.05, 3.63) is 29.8 Å². The third-order valence-corrected chi connectivity index (χ3v) is 2.58. The summed E-state index contributed by atoms with van der Waals surface area (Å²) in [5.74, 6) is 0.901. The van der Waals surface area contributed by atoms with E-state index in [1.54, 1.807) is 11.8 Å². The van der Waals surface area contributed by atoms with Gasteiger partial charge in [-0.3, -0.25) is 0 Å². The van der Waals surface area contributed by atoms with Gasteiger partial charge in [0, 0.05) is 17.5 Å². The standard InChI is InChI=1S/C12H18N2OS/c1-9(2)13-12(15)14-11-7-5-4-6-10(11)8-16-3/h4-7,9H,8H2,1-3H3,(H2,13,14,15). The van der Waals surface area contributed by atoms with Gasteiger partial charge in [0.2, 0.25) is 0 Å². The number of benzene rings is 1. The summed E-state index contributed by atoms with van der Waals surface area (Å²) in [4.78, 5) is 11.6. The molecular formula is C12H18N2OS. The fraction of sp³-hybridized carbons (Fsp3) is 0.417. The minimum absolute atomic E-state index is 0.146. The Hall–Kier alpha value is -1.16. The zero-order valence-corrected chi connectivity index (χ0v) is 10.7. The second-order valence-corrected chi connectivity index (χ2v) is 4.71. The van der Waals surface area contributed by atoms with Crippen molar-refractivity contribution in [2.45, 2.75) is 25.6 Å². The molecule has 1 aromatic rings. The Labute approximate surface area is 101 Å². The smallest absolute Gasteiger partial charge is 0.319 e. The Balaban J connectivity index is 2.68. The zero-order chi connectivity index (χ0) is 12.0. The monoisotopic (exact) mass is 238 g/mol. The van der Waals surface area contributed by atoms with Crippen LogP contribution < -0.4 is 10.6 Å². The van der Waals surface area contributed by atoms with Gasteiger partial charge in [0.1, 0.15) is 0 Å². The highest BCUT2D eigenvalue weighted by Crippen LogP contribution is 2.19. The van der Waals surface area contributed by atoms with E-state index < -0.39 is 0 Å². The lowest BCUT2D eigenvalue weighted by Crippen LogP contribution is -2.34.